The molecule has 0 aromatic heterocycles. The molecule has 0 saturated heterocycles. The fourth-order valence-electron chi connectivity index (χ4n) is 2.31. The van der Waals surface area contributed by atoms with E-state index in [2.05, 4.69) is 17.1 Å². The molecule has 0 bridgehead atoms. The van der Waals surface area contributed by atoms with Gasteiger partial charge in [-0.3, -0.25) is 4.79 Å². The van der Waals surface area contributed by atoms with Crippen molar-refractivity contribution in [2.45, 2.75) is 63.6 Å². The van der Waals surface area contributed by atoms with E-state index in [1.807, 2.05) is 0 Å². The maximum Gasteiger partial charge on any atom is 0.320 e. The number of hydrogen-bond donors (Lipinski definition) is 2. The Balaban J connectivity index is 1.73. The average molecular weight is 240 g/mol. The van der Waals surface area contributed by atoms with Crippen LogP contribution >= 0.6 is 0 Å². The second-order valence-corrected chi connectivity index (χ2v) is 5.39. The number of aliphatic carboxylic acids is 1. The summed E-state index contributed by atoms with van der Waals surface area (Å²) in [6.07, 6.45) is 6.78. The molecular formula is C13H24N2O2. The molecule has 2 fully saturated rings. The Labute approximate surface area is 103 Å². The molecule has 2 saturated carbocycles. The number of rotatable bonds is 9. The highest BCUT2D eigenvalue weighted by atomic mass is 16.4. The summed E-state index contributed by atoms with van der Waals surface area (Å²) in [5.41, 5.74) is 0. The molecule has 2 rings (SSSR count). The standard InChI is InChI=1S/C13H24N2O2/c1-2-8-15(11-5-6-11)9-7-12(13(16)17)14-10-3-4-10/h10-12,14H,2-9H2,1H3,(H,16,17). The predicted molar refractivity (Wildman–Crippen MR) is 67.1 cm³/mol. The van der Waals surface area contributed by atoms with Gasteiger partial charge < -0.3 is 15.3 Å². The van der Waals surface area contributed by atoms with Gasteiger partial charge in [0.25, 0.3) is 0 Å². The highest BCUT2D eigenvalue weighted by molar-refractivity contribution is 5.73. The fraction of sp³-hybridized carbons (Fsp3) is 0.923. The van der Waals surface area contributed by atoms with E-state index >= 15 is 0 Å². The second-order valence-electron chi connectivity index (χ2n) is 5.39. The van der Waals surface area contributed by atoms with Crippen molar-refractivity contribution >= 4 is 5.97 Å². The van der Waals surface area contributed by atoms with Crippen LogP contribution in [-0.2, 0) is 4.79 Å². The van der Waals surface area contributed by atoms with Gasteiger partial charge in [-0.25, -0.2) is 0 Å². The van der Waals surface area contributed by atoms with E-state index in [-0.39, 0.29) is 6.04 Å². The Bertz CT molecular complexity index is 262. The Morgan fingerprint density at radius 2 is 2.06 bits per heavy atom. The van der Waals surface area contributed by atoms with Crippen molar-refractivity contribution < 1.29 is 9.90 Å². The van der Waals surface area contributed by atoms with Crippen LogP contribution in [0.15, 0.2) is 0 Å². The van der Waals surface area contributed by atoms with Crippen molar-refractivity contribution in [1.29, 1.82) is 0 Å². The van der Waals surface area contributed by atoms with E-state index in [4.69, 9.17) is 5.11 Å². The van der Waals surface area contributed by atoms with Crippen LogP contribution in [-0.4, -0.2) is 47.2 Å². The van der Waals surface area contributed by atoms with Gasteiger partial charge in [0, 0.05) is 18.6 Å². The molecular weight excluding hydrogens is 216 g/mol. The molecule has 2 aliphatic rings. The lowest BCUT2D eigenvalue weighted by Crippen LogP contribution is -2.41. The van der Waals surface area contributed by atoms with Crippen LogP contribution in [0.4, 0.5) is 0 Å². The minimum absolute atomic E-state index is 0.347. The molecule has 0 aromatic rings. The van der Waals surface area contributed by atoms with Gasteiger partial charge >= 0.3 is 5.97 Å². The normalized spacial score (nSPS) is 21.8. The number of nitrogens with zero attached hydrogens (tertiary/aromatic N) is 1. The van der Waals surface area contributed by atoms with E-state index in [1.54, 1.807) is 0 Å². The first-order chi connectivity index (χ1) is 8.20. The van der Waals surface area contributed by atoms with E-state index in [0.29, 0.717) is 6.04 Å². The maximum absolute atomic E-state index is 11.1. The Morgan fingerprint density at radius 3 is 2.53 bits per heavy atom. The van der Waals surface area contributed by atoms with Gasteiger partial charge in [0.1, 0.15) is 6.04 Å². The van der Waals surface area contributed by atoms with Crippen molar-refractivity contribution in [3.63, 3.8) is 0 Å². The quantitative estimate of drug-likeness (QED) is 0.640. The number of nitrogens with one attached hydrogen (secondary N) is 1. The summed E-state index contributed by atoms with van der Waals surface area (Å²) >= 11 is 0. The van der Waals surface area contributed by atoms with Crippen LogP contribution in [0.25, 0.3) is 0 Å². The molecule has 2 aliphatic carbocycles. The van der Waals surface area contributed by atoms with Crippen LogP contribution in [0, 0.1) is 0 Å². The van der Waals surface area contributed by atoms with Gasteiger partial charge in [-0.15, -0.1) is 0 Å². The summed E-state index contributed by atoms with van der Waals surface area (Å²) < 4.78 is 0. The van der Waals surface area contributed by atoms with E-state index in [0.717, 1.165) is 44.8 Å². The minimum atomic E-state index is -0.691. The number of carbonyl (C=O) groups is 1. The van der Waals surface area contributed by atoms with Gasteiger partial charge in [0.2, 0.25) is 0 Å². The molecule has 0 aromatic carbocycles. The molecule has 17 heavy (non-hydrogen) atoms. The van der Waals surface area contributed by atoms with Crippen molar-refractivity contribution in [1.82, 2.24) is 10.2 Å². The number of carboxylic acids is 1. The summed E-state index contributed by atoms with van der Waals surface area (Å²) in [7, 11) is 0. The minimum Gasteiger partial charge on any atom is -0.480 e. The molecule has 0 aliphatic heterocycles. The average Bonchev–Trinajstić information content (AvgIpc) is 3.15. The van der Waals surface area contributed by atoms with Crippen LogP contribution in [0.2, 0.25) is 0 Å². The van der Waals surface area contributed by atoms with Crippen molar-refractivity contribution in [2.75, 3.05) is 13.1 Å². The lowest BCUT2D eigenvalue weighted by atomic mass is 10.2. The van der Waals surface area contributed by atoms with Gasteiger partial charge in [0.05, 0.1) is 0 Å². The molecule has 0 heterocycles. The Kier molecular flexibility index (Phi) is 4.40. The largest absolute Gasteiger partial charge is 0.480 e. The summed E-state index contributed by atoms with van der Waals surface area (Å²) in [4.78, 5) is 13.6. The topological polar surface area (TPSA) is 52.6 Å². The third kappa shape index (κ3) is 4.28. The zero-order valence-corrected chi connectivity index (χ0v) is 10.7. The molecule has 1 unspecified atom stereocenters. The highest BCUT2D eigenvalue weighted by Crippen LogP contribution is 2.27. The molecule has 1 atom stereocenters. The van der Waals surface area contributed by atoms with Crippen molar-refractivity contribution in [3.8, 4) is 0 Å². The molecule has 2 N–H and O–H groups in total. The predicted octanol–water partition coefficient (Wildman–Crippen LogP) is 1.46. The van der Waals surface area contributed by atoms with Gasteiger partial charge in [-0.05, 0) is 45.1 Å². The first-order valence-corrected chi connectivity index (χ1v) is 6.93. The highest BCUT2D eigenvalue weighted by Gasteiger charge is 2.31. The monoisotopic (exact) mass is 240 g/mol. The smallest absolute Gasteiger partial charge is 0.320 e. The molecule has 0 spiro atoms. The first-order valence-electron chi connectivity index (χ1n) is 6.93. The van der Waals surface area contributed by atoms with Crippen LogP contribution in [0.3, 0.4) is 0 Å². The summed E-state index contributed by atoms with van der Waals surface area (Å²) in [5, 5.41) is 12.4. The van der Waals surface area contributed by atoms with Gasteiger partial charge in [0.15, 0.2) is 0 Å². The SMILES string of the molecule is CCCN(CCC(NC1CC1)C(=O)O)C1CC1. The first kappa shape index (κ1) is 12.8. The van der Waals surface area contributed by atoms with Crippen LogP contribution in [0.1, 0.15) is 45.4 Å². The van der Waals surface area contributed by atoms with Gasteiger partial charge in [-0.1, -0.05) is 6.92 Å². The third-order valence-electron chi connectivity index (χ3n) is 3.59. The molecule has 0 amide bonds. The lowest BCUT2D eigenvalue weighted by molar-refractivity contribution is -0.139. The van der Waals surface area contributed by atoms with E-state index < -0.39 is 5.97 Å². The zero-order valence-electron chi connectivity index (χ0n) is 10.7. The molecule has 98 valence electrons. The summed E-state index contributed by atoms with van der Waals surface area (Å²) in [6.45, 7) is 4.22. The third-order valence-corrected chi connectivity index (χ3v) is 3.59. The van der Waals surface area contributed by atoms with Crippen LogP contribution in [0.5, 0.6) is 0 Å². The second kappa shape index (κ2) is 5.83. The maximum atomic E-state index is 11.1. The van der Waals surface area contributed by atoms with Crippen LogP contribution < -0.4 is 5.32 Å². The zero-order chi connectivity index (χ0) is 12.3. The molecule has 4 heteroatoms. The summed E-state index contributed by atoms with van der Waals surface area (Å²) in [5.74, 6) is -0.691. The summed E-state index contributed by atoms with van der Waals surface area (Å²) in [6, 6.07) is 0.863. The molecule has 0 radical (unpaired) electrons. The number of hydrogen-bond acceptors (Lipinski definition) is 3. The Morgan fingerprint density at radius 1 is 1.35 bits per heavy atom. The van der Waals surface area contributed by atoms with E-state index in [1.165, 1.54) is 12.8 Å². The molecule has 4 nitrogen and oxygen atoms in total. The Hall–Kier alpha value is -0.610. The fourth-order valence-corrected chi connectivity index (χ4v) is 2.31. The van der Waals surface area contributed by atoms with E-state index in [9.17, 15) is 4.79 Å². The van der Waals surface area contributed by atoms with Gasteiger partial charge in [-0.2, -0.15) is 0 Å². The lowest BCUT2D eigenvalue weighted by Gasteiger charge is -2.23. The van der Waals surface area contributed by atoms with Crippen molar-refractivity contribution in [3.05, 3.63) is 0 Å². The van der Waals surface area contributed by atoms with Crippen molar-refractivity contribution in [2.24, 2.45) is 0 Å². The number of carboxylic acid groups (broad SMARTS) is 1.